The highest BCUT2D eigenvalue weighted by Gasteiger charge is 2.32. The van der Waals surface area contributed by atoms with Crippen molar-refractivity contribution in [1.29, 1.82) is 5.26 Å². The first kappa shape index (κ1) is 19.0. The molecule has 0 unspecified atom stereocenters. The summed E-state index contributed by atoms with van der Waals surface area (Å²) < 4.78 is 53.1. The Bertz CT molecular complexity index is 1020. The van der Waals surface area contributed by atoms with Crippen LogP contribution in [-0.2, 0) is 9.84 Å². The smallest absolute Gasteiger partial charge is 0.267 e. The normalized spacial score (nSPS) is 11.2. The van der Waals surface area contributed by atoms with Crippen molar-refractivity contribution in [3.63, 3.8) is 0 Å². The van der Waals surface area contributed by atoms with Crippen molar-refractivity contribution in [3.8, 4) is 6.07 Å². The lowest BCUT2D eigenvalue weighted by Crippen LogP contribution is -2.25. The summed E-state index contributed by atoms with van der Waals surface area (Å²) in [7, 11) is -3.26. The average Bonchev–Trinajstić information content (AvgIpc) is 2.55. The average molecular weight is 433 g/mol. The van der Waals surface area contributed by atoms with Crippen molar-refractivity contribution in [2.45, 2.75) is 16.8 Å². The lowest BCUT2D eigenvalue weighted by atomic mass is 10.2. The molecule has 7 nitrogen and oxygen atoms in total. The maximum absolute atomic E-state index is 14.1. The summed E-state index contributed by atoms with van der Waals surface area (Å²) in [5.41, 5.74) is -1.20. The maximum Gasteiger partial charge on any atom is 0.267 e. The Balaban J connectivity index is 2.80. The molecule has 1 N–H and O–H groups in total. The van der Waals surface area contributed by atoms with Crippen molar-refractivity contribution in [2.24, 2.45) is 0 Å². The van der Waals surface area contributed by atoms with Crippen LogP contribution in [0.2, 0.25) is 0 Å². The number of nitrogens with zero attached hydrogens (tertiary/aromatic N) is 3. The lowest BCUT2D eigenvalue weighted by Gasteiger charge is -2.16. The predicted molar refractivity (Wildman–Crippen MR) is 88.0 cm³/mol. The van der Waals surface area contributed by atoms with Crippen molar-refractivity contribution in [3.05, 3.63) is 44.2 Å². The van der Waals surface area contributed by atoms with Gasteiger partial charge in [-0.2, -0.15) is 5.26 Å². The molecule has 0 aliphatic carbocycles. The van der Waals surface area contributed by atoms with E-state index in [2.05, 4.69) is 25.9 Å². The molecule has 0 saturated heterocycles. The first-order valence-corrected chi connectivity index (χ1v) is 9.06. The van der Waals surface area contributed by atoms with Crippen LogP contribution in [0.25, 0.3) is 0 Å². The minimum atomic E-state index is -4.81. The van der Waals surface area contributed by atoms with Gasteiger partial charge in [0.05, 0.1) is 11.6 Å². The van der Waals surface area contributed by atoms with Crippen molar-refractivity contribution < 1.29 is 17.2 Å². The second kappa shape index (κ2) is 6.89. The van der Waals surface area contributed by atoms with Crippen LogP contribution in [0.5, 0.6) is 0 Å². The molecule has 2 rings (SSSR count). The number of hydrogen-bond acceptors (Lipinski definition) is 6. The molecule has 1 aromatic carbocycles. The third-order valence-corrected chi connectivity index (χ3v) is 6.04. The number of H-pyrrole nitrogens is 1. The summed E-state index contributed by atoms with van der Waals surface area (Å²) in [5, 5.41) is 7.87. The monoisotopic (exact) mass is 432 g/mol. The standard InChI is InChI=1S/C14H11BrF2N4O3S/c1-3-21(2)14-19-12(22)10(15)13(20-14)25(23,24)11-8(16)4-7(6-18)5-9(11)17/h4-5H,3H2,1-2H3,(H,19,20,22). The first-order valence-electron chi connectivity index (χ1n) is 6.78. The Morgan fingerprint density at radius 3 is 2.40 bits per heavy atom. The molecular weight excluding hydrogens is 422 g/mol. The highest BCUT2D eigenvalue weighted by atomic mass is 79.9. The Hall–Kier alpha value is -2.32. The molecule has 1 heterocycles. The summed E-state index contributed by atoms with van der Waals surface area (Å²) in [4.78, 5) is 18.3. The topological polar surface area (TPSA) is 107 Å². The fourth-order valence-electron chi connectivity index (χ4n) is 1.91. The summed E-state index contributed by atoms with van der Waals surface area (Å²) in [5.74, 6) is -2.98. The molecule has 11 heteroatoms. The molecule has 0 bridgehead atoms. The van der Waals surface area contributed by atoms with E-state index < -0.39 is 41.4 Å². The van der Waals surface area contributed by atoms with Crippen LogP contribution >= 0.6 is 15.9 Å². The van der Waals surface area contributed by atoms with Gasteiger partial charge in [0.15, 0.2) is 5.03 Å². The van der Waals surface area contributed by atoms with E-state index in [0.717, 1.165) is 0 Å². The van der Waals surface area contributed by atoms with Crippen LogP contribution in [0.1, 0.15) is 12.5 Å². The van der Waals surface area contributed by atoms with Crippen molar-refractivity contribution in [2.75, 3.05) is 18.5 Å². The fraction of sp³-hybridized carbons (Fsp3) is 0.214. The number of nitrogens with one attached hydrogen (secondary N) is 1. The van der Waals surface area contributed by atoms with Gasteiger partial charge in [-0.1, -0.05) is 0 Å². The molecule has 0 amide bonds. The molecule has 0 aliphatic heterocycles. The molecule has 25 heavy (non-hydrogen) atoms. The van der Waals surface area contributed by atoms with Gasteiger partial charge < -0.3 is 4.90 Å². The van der Waals surface area contributed by atoms with Crippen LogP contribution in [0.15, 0.2) is 31.3 Å². The third-order valence-electron chi connectivity index (χ3n) is 3.31. The van der Waals surface area contributed by atoms with Gasteiger partial charge in [0, 0.05) is 13.6 Å². The van der Waals surface area contributed by atoms with Gasteiger partial charge in [0.25, 0.3) is 5.56 Å². The summed E-state index contributed by atoms with van der Waals surface area (Å²) >= 11 is 2.79. The number of hydrogen-bond donors (Lipinski definition) is 1. The molecule has 0 radical (unpaired) electrons. The van der Waals surface area contributed by atoms with Crippen LogP contribution < -0.4 is 10.5 Å². The molecule has 0 spiro atoms. The Labute approximate surface area is 150 Å². The van der Waals surface area contributed by atoms with Gasteiger partial charge >= 0.3 is 0 Å². The Morgan fingerprint density at radius 2 is 1.92 bits per heavy atom. The zero-order valence-corrected chi connectivity index (χ0v) is 15.4. The second-order valence-electron chi connectivity index (χ2n) is 4.91. The first-order chi connectivity index (χ1) is 11.6. The SMILES string of the molecule is CCN(C)c1nc(S(=O)(=O)c2c(F)cc(C#N)cc2F)c(Br)c(=O)[nH]1. The zero-order valence-electron chi connectivity index (χ0n) is 13.0. The van der Waals surface area contributed by atoms with Gasteiger partial charge in [0.2, 0.25) is 15.8 Å². The molecule has 0 saturated carbocycles. The van der Waals surface area contributed by atoms with Crippen LogP contribution in [0, 0.1) is 23.0 Å². The maximum atomic E-state index is 14.1. The largest absolute Gasteiger partial charge is 0.346 e. The number of anilines is 1. The van der Waals surface area contributed by atoms with E-state index in [1.165, 1.54) is 11.0 Å². The number of rotatable bonds is 4. The Morgan fingerprint density at radius 1 is 1.36 bits per heavy atom. The molecule has 1 aromatic heterocycles. The number of aromatic nitrogens is 2. The molecule has 2 aromatic rings. The van der Waals surface area contributed by atoms with Crippen molar-refractivity contribution >= 4 is 31.7 Å². The van der Waals surface area contributed by atoms with Crippen LogP contribution in [0.3, 0.4) is 0 Å². The van der Waals surface area contributed by atoms with Gasteiger partial charge in [-0.05, 0) is 35.0 Å². The van der Waals surface area contributed by atoms with E-state index in [1.807, 2.05) is 0 Å². The molecule has 0 aliphatic rings. The van der Waals surface area contributed by atoms with Crippen LogP contribution in [0.4, 0.5) is 14.7 Å². The number of benzene rings is 1. The molecule has 0 atom stereocenters. The summed E-state index contributed by atoms with van der Waals surface area (Å²) in [6.45, 7) is 2.12. The highest BCUT2D eigenvalue weighted by Crippen LogP contribution is 2.29. The highest BCUT2D eigenvalue weighted by molar-refractivity contribution is 9.10. The van der Waals surface area contributed by atoms with Gasteiger partial charge in [-0.3, -0.25) is 9.78 Å². The number of sulfone groups is 1. The van der Waals surface area contributed by atoms with Gasteiger partial charge in [-0.25, -0.2) is 22.2 Å². The minimum Gasteiger partial charge on any atom is -0.346 e. The van der Waals surface area contributed by atoms with Crippen molar-refractivity contribution in [1.82, 2.24) is 9.97 Å². The van der Waals surface area contributed by atoms with E-state index >= 15 is 0 Å². The second-order valence-corrected chi connectivity index (χ2v) is 7.50. The number of aromatic amines is 1. The molecule has 0 fully saturated rings. The third kappa shape index (κ3) is 3.40. The van der Waals surface area contributed by atoms with E-state index in [1.54, 1.807) is 14.0 Å². The number of halogens is 3. The van der Waals surface area contributed by atoms with E-state index in [0.29, 0.717) is 18.7 Å². The molecule has 132 valence electrons. The fourth-order valence-corrected chi connectivity index (χ4v) is 4.10. The Kier molecular flexibility index (Phi) is 5.24. The summed E-state index contributed by atoms with van der Waals surface area (Å²) in [6, 6.07) is 2.70. The van der Waals surface area contributed by atoms with Gasteiger partial charge in [0.1, 0.15) is 21.0 Å². The number of nitriles is 1. The van der Waals surface area contributed by atoms with E-state index in [4.69, 9.17) is 5.26 Å². The predicted octanol–water partition coefficient (Wildman–Crippen LogP) is 1.97. The quantitative estimate of drug-likeness (QED) is 0.740. The van der Waals surface area contributed by atoms with Crippen LogP contribution in [-0.4, -0.2) is 32.0 Å². The lowest BCUT2D eigenvalue weighted by molar-refractivity contribution is 0.517. The molecular formula is C14H11BrF2N4O3S. The van der Waals surface area contributed by atoms with Gasteiger partial charge in [-0.15, -0.1) is 0 Å². The van der Waals surface area contributed by atoms with E-state index in [9.17, 15) is 22.0 Å². The minimum absolute atomic E-state index is 0.0799. The summed E-state index contributed by atoms with van der Waals surface area (Å²) in [6.07, 6.45) is 0. The van der Waals surface area contributed by atoms with E-state index in [-0.39, 0.29) is 11.5 Å². The zero-order chi connectivity index (χ0) is 18.9.